The number of pyridine rings is 1. The number of aromatic nitrogens is 1. The van der Waals surface area contributed by atoms with Crippen molar-refractivity contribution in [3.05, 3.63) is 54.2 Å². The number of rotatable bonds is 6. The van der Waals surface area contributed by atoms with Crippen LogP contribution in [0.2, 0.25) is 0 Å². The number of anilines is 2. The zero-order valence-corrected chi connectivity index (χ0v) is 19.6. The number of aliphatic imine (C=N–C) groups is 1. The molecule has 1 aromatic heterocycles. The Labute approximate surface area is 192 Å². The first-order valence-corrected chi connectivity index (χ1v) is 12.0. The maximum Gasteiger partial charge on any atom is 0.194 e. The van der Waals surface area contributed by atoms with Crippen LogP contribution in [0.4, 0.5) is 11.5 Å². The SMILES string of the molecule is CCNC(=NCc1ccnc(N2CCN(CC)CC2)c1)N1CCN(c2ccccc2)CC1. The van der Waals surface area contributed by atoms with Gasteiger partial charge in [0.15, 0.2) is 5.96 Å². The van der Waals surface area contributed by atoms with E-state index in [1.54, 1.807) is 0 Å². The van der Waals surface area contributed by atoms with Gasteiger partial charge in [-0.05, 0) is 43.3 Å². The fraction of sp³-hybridized carbons (Fsp3) is 0.520. The molecule has 0 amide bonds. The highest BCUT2D eigenvalue weighted by atomic mass is 15.3. The van der Waals surface area contributed by atoms with Crippen LogP contribution in [0.5, 0.6) is 0 Å². The third-order valence-electron chi connectivity index (χ3n) is 6.40. The number of hydrogen-bond donors (Lipinski definition) is 1. The summed E-state index contributed by atoms with van der Waals surface area (Å²) in [6, 6.07) is 15.0. The van der Waals surface area contributed by atoms with E-state index in [1.807, 2.05) is 6.20 Å². The van der Waals surface area contributed by atoms with E-state index in [2.05, 4.69) is 86.2 Å². The van der Waals surface area contributed by atoms with E-state index in [4.69, 9.17) is 4.99 Å². The number of guanidine groups is 1. The number of para-hydroxylation sites is 1. The Hall–Kier alpha value is -2.80. The first kappa shape index (κ1) is 22.4. The standard InChI is InChI=1S/C25H37N7/c1-3-26-25(32-18-16-30(17-19-32)23-8-6-5-7-9-23)28-21-22-10-11-27-24(20-22)31-14-12-29(4-2)13-15-31/h5-11,20H,3-4,12-19,21H2,1-2H3,(H,26,28). The van der Waals surface area contributed by atoms with E-state index in [-0.39, 0.29) is 0 Å². The first-order chi connectivity index (χ1) is 15.8. The molecule has 0 atom stereocenters. The van der Waals surface area contributed by atoms with Crippen molar-refractivity contribution in [2.24, 2.45) is 4.99 Å². The summed E-state index contributed by atoms with van der Waals surface area (Å²) in [4.78, 5) is 19.3. The number of hydrogen-bond acceptors (Lipinski definition) is 5. The minimum atomic E-state index is 0.672. The molecular weight excluding hydrogens is 398 g/mol. The third kappa shape index (κ3) is 5.71. The van der Waals surface area contributed by atoms with Crippen LogP contribution in [0.15, 0.2) is 53.7 Å². The molecule has 7 nitrogen and oxygen atoms in total. The fourth-order valence-corrected chi connectivity index (χ4v) is 4.43. The largest absolute Gasteiger partial charge is 0.368 e. The number of likely N-dealkylation sites (N-methyl/N-ethyl adjacent to an activating group) is 1. The minimum Gasteiger partial charge on any atom is -0.368 e. The molecule has 0 unspecified atom stereocenters. The maximum atomic E-state index is 4.98. The molecule has 0 aliphatic carbocycles. The average Bonchev–Trinajstić information content (AvgIpc) is 2.87. The van der Waals surface area contributed by atoms with Gasteiger partial charge >= 0.3 is 0 Å². The van der Waals surface area contributed by atoms with Gasteiger partial charge in [-0.2, -0.15) is 0 Å². The van der Waals surface area contributed by atoms with Crippen molar-refractivity contribution in [2.45, 2.75) is 20.4 Å². The molecule has 3 heterocycles. The van der Waals surface area contributed by atoms with E-state index >= 15 is 0 Å². The lowest BCUT2D eigenvalue weighted by atomic mass is 10.2. The van der Waals surface area contributed by atoms with Crippen LogP contribution >= 0.6 is 0 Å². The molecule has 2 aromatic rings. The lowest BCUT2D eigenvalue weighted by molar-refractivity contribution is 0.270. The van der Waals surface area contributed by atoms with E-state index in [0.717, 1.165) is 77.2 Å². The number of nitrogens with one attached hydrogen (secondary N) is 1. The van der Waals surface area contributed by atoms with Crippen molar-refractivity contribution in [2.75, 3.05) is 75.2 Å². The molecule has 7 heteroatoms. The number of nitrogens with zero attached hydrogens (tertiary/aromatic N) is 6. The molecule has 4 rings (SSSR count). The Bertz CT molecular complexity index is 854. The van der Waals surface area contributed by atoms with Gasteiger partial charge in [0.2, 0.25) is 0 Å². The second-order valence-electron chi connectivity index (χ2n) is 8.42. The van der Waals surface area contributed by atoms with Gasteiger partial charge < -0.3 is 24.9 Å². The predicted molar refractivity (Wildman–Crippen MR) is 134 cm³/mol. The highest BCUT2D eigenvalue weighted by molar-refractivity contribution is 5.80. The summed E-state index contributed by atoms with van der Waals surface area (Å²) in [5, 5.41) is 3.49. The van der Waals surface area contributed by atoms with Gasteiger partial charge in [-0.15, -0.1) is 0 Å². The fourth-order valence-electron chi connectivity index (χ4n) is 4.43. The zero-order chi connectivity index (χ0) is 22.2. The third-order valence-corrected chi connectivity index (χ3v) is 6.40. The lowest BCUT2D eigenvalue weighted by Crippen LogP contribution is -2.52. The summed E-state index contributed by atoms with van der Waals surface area (Å²) in [6.07, 6.45) is 1.93. The first-order valence-electron chi connectivity index (χ1n) is 12.0. The summed E-state index contributed by atoms with van der Waals surface area (Å²) < 4.78 is 0. The Kier molecular flexibility index (Phi) is 7.82. The molecule has 2 aliphatic heterocycles. The average molecular weight is 436 g/mol. The molecular formula is C25H37N7. The Morgan fingerprint density at radius 1 is 0.906 bits per heavy atom. The summed E-state index contributed by atoms with van der Waals surface area (Å²) in [5.41, 5.74) is 2.52. The van der Waals surface area contributed by atoms with Crippen LogP contribution < -0.4 is 15.1 Å². The maximum absolute atomic E-state index is 4.98. The molecule has 32 heavy (non-hydrogen) atoms. The van der Waals surface area contributed by atoms with Gasteiger partial charge in [0.05, 0.1) is 6.54 Å². The number of piperazine rings is 2. The molecule has 2 aliphatic rings. The second kappa shape index (κ2) is 11.2. The van der Waals surface area contributed by atoms with Crippen LogP contribution in [-0.4, -0.2) is 86.2 Å². The van der Waals surface area contributed by atoms with Gasteiger partial charge in [-0.1, -0.05) is 25.1 Å². The van der Waals surface area contributed by atoms with Gasteiger partial charge in [0.1, 0.15) is 5.82 Å². The molecule has 0 radical (unpaired) electrons. The zero-order valence-electron chi connectivity index (χ0n) is 19.6. The molecule has 1 N–H and O–H groups in total. The van der Waals surface area contributed by atoms with E-state index in [0.29, 0.717) is 6.54 Å². The van der Waals surface area contributed by atoms with Crippen molar-refractivity contribution < 1.29 is 0 Å². The molecule has 2 saturated heterocycles. The van der Waals surface area contributed by atoms with E-state index < -0.39 is 0 Å². The van der Waals surface area contributed by atoms with Gasteiger partial charge in [-0.25, -0.2) is 9.98 Å². The summed E-state index contributed by atoms with van der Waals surface area (Å²) in [7, 11) is 0. The summed E-state index contributed by atoms with van der Waals surface area (Å²) in [6.45, 7) is 15.3. The van der Waals surface area contributed by atoms with Crippen molar-refractivity contribution >= 4 is 17.5 Å². The summed E-state index contributed by atoms with van der Waals surface area (Å²) in [5.74, 6) is 2.09. The molecule has 2 fully saturated rings. The molecule has 172 valence electrons. The van der Waals surface area contributed by atoms with Gasteiger partial charge in [0, 0.05) is 70.8 Å². The van der Waals surface area contributed by atoms with Crippen molar-refractivity contribution in [3.8, 4) is 0 Å². The summed E-state index contributed by atoms with van der Waals surface area (Å²) >= 11 is 0. The Balaban J connectivity index is 1.36. The highest BCUT2D eigenvalue weighted by Gasteiger charge is 2.20. The molecule has 0 saturated carbocycles. The predicted octanol–water partition coefficient (Wildman–Crippen LogP) is 2.51. The normalized spacial score (nSPS) is 18.2. The van der Waals surface area contributed by atoms with E-state index in [9.17, 15) is 0 Å². The van der Waals surface area contributed by atoms with Gasteiger partial charge in [-0.3, -0.25) is 0 Å². The minimum absolute atomic E-state index is 0.672. The van der Waals surface area contributed by atoms with Crippen LogP contribution in [-0.2, 0) is 6.54 Å². The molecule has 0 spiro atoms. The van der Waals surface area contributed by atoms with Crippen molar-refractivity contribution in [3.63, 3.8) is 0 Å². The Morgan fingerprint density at radius 2 is 1.62 bits per heavy atom. The van der Waals surface area contributed by atoms with Crippen LogP contribution in [0.1, 0.15) is 19.4 Å². The van der Waals surface area contributed by atoms with Gasteiger partial charge in [0.25, 0.3) is 0 Å². The van der Waals surface area contributed by atoms with E-state index in [1.165, 1.54) is 11.3 Å². The van der Waals surface area contributed by atoms with Crippen LogP contribution in [0, 0.1) is 0 Å². The number of benzene rings is 1. The molecule has 1 aromatic carbocycles. The highest BCUT2D eigenvalue weighted by Crippen LogP contribution is 2.17. The monoisotopic (exact) mass is 435 g/mol. The molecule has 0 bridgehead atoms. The van der Waals surface area contributed by atoms with Crippen LogP contribution in [0.25, 0.3) is 0 Å². The topological polar surface area (TPSA) is 50.2 Å². The van der Waals surface area contributed by atoms with Crippen molar-refractivity contribution in [1.29, 1.82) is 0 Å². The van der Waals surface area contributed by atoms with Crippen molar-refractivity contribution in [1.82, 2.24) is 20.1 Å². The van der Waals surface area contributed by atoms with Crippen LogP contribution in [0.3, 0.4) is 0 Å². The Morgan fingerprint density at radius 3 is 2.31 bits per heavy atom. The quantitative estimate of drug-likeness (QED) is 0.556. The second-order valence-corrected chi connectivity index (χ2v) is 8.42. The lowest BCUT2D eigenvalue weighted by Gasteiger charge is -2.37. The smallest absolute Gasteiger partial charge is 0.194 e.